The first-order valence-electron chi connectivity index (χ1n) is 2.22. The smallest absolute Gasteiger partial charge is 0.404 e. The Hall–Kier alpha value is -0.150. The van der Waals surface area contributed by atoms with Gasteiger partial charge in [-0.05, 0) is 6.92 Å². The lowest BCUT2D eigenvalue weighted by molar-refractivity contribution is 0.154. The van der Waals surface area contributed by atoms with Gasteiger partial charge in [-0.1, -0.05) is 23.2 Å². The average molecular weight is 172 g/mol. The number of alkyl halides is 2. The van der Waals surface area contributed by atoms with Crippen molar-refractivity contribution in [2.24, 2.45) is 5.73 Å². The molecule has 3 nitrogen and oxygen atoms in total. The van der Waals surface area contributed by atoms with E-state index in [1.54, 1.807) is 0 Å². The highest BCUT2D eigenvalue weighted by Gasteiger charge is 2.17. The predicted octanol–water partition coefficient (Wildman–Crippen LogP) is 1.28. The summed E-state index contributed by atoms with van der Waals surface area (Å²) in [7, 11) is 0. The van der Waals surface area contributed by atoms with Crippen LogP contribution in [0.2, 0.25) is 0 Å². The van der Waals surface area contributed by atoms with Gasteiger partial charge >= 0.3 is 6.09 Å². The summed E-state index contributed by atoms with van der Waals surface area (Å²) in [4.78, 5) is 9.93. The molecule has 0 saturated heterocycles. The fraction of sp³-hybridized carbons (Fsp3) is 0.750. The van der Waals surface area contributed by atoms with Crippen molar-refractivity contribution in [2.45, 2.75) is 11.3 Å². The Balaban J connectivity index is 3.39. The van der Waals surface area contributed by atoms with Crippen LogP contribution in [0.25, 0.3) is 0 Å². The number of carbonyl (C=O) groups is 1. The van der Waals surface area contributed by atoms with Crippen LogP contribution in [0.1, 0.15) is 6.92 Å². The Kier molecular flexibility index (Phi) is 3.08. The summed E-state index contributed by atoms with van der Waals surface area (Å²) in [5, 5.41) is 0. The van der Waals surface area contributed by atoms with Gasteiger partial charge in [0.25, 0.3) is 0 Å². The lowest BCUT2D eigenvalue weighted by Gasteiger charge is -2.10. The standard InChI is InChI=1S/C4H7Cl2NO2/c1-4(5,6)2-9-3(7)8/h2H2,1H3,(H2,7,8). The van der Waals surface area contributed by atoms with Gasteiger partial charge in [0, 0.05) is 0 Å². The monoisotopic (exact) mass is 171 g/mol. The van der Waals surface area contributed by atoms with Crippen LogP contribution < -0.4 is 5.73 Å². The normalized spacial score (nSPS) is 11.0. The molecule has 1 amide bonds. The third-order valence-corrected chi connectivity index (χ3v) is 0.686. The largest absolute Gasteiger partial charge is 0.447 e. The minimum atomic E-state index is -1.05. The van der Waals surface area contributed by atoms with Gasteiger partial charge < -0.3 is 10.5 Å². The molecule has 54 valence electrons. The van der Waals surface area contributed by atoms with E-state index in [1.165, 1.54) is 6.92 Å². The molecule has 0 atom stereocenters. The second kappa shape index (κ2) is 3.13. The minimum Gasteiger partial charge on any atom is -0.447 e. The molecule has 0 rings (SSSR count). The van der Waals surface area contributed by atoms with E-state index in [-0.39, 0.29) is 6.61 Å². The van der Waals surface area contributed by atoms with Crippen LogP contribution in [-0.2, 0) is 4.74 Å². The molecule has 0 heterocycles. The molecule has 0 spiro atoms. The van der Waals surface area contributed by atoms with Gasteiger partial charge in [-0.15, -0.1) is 0 Å². The number of rotatable bonds is 2. The number of halogens is 2. The summed E-state index contributed by atoms with van der Waals surface area (Å²) >= 11 is 10.8. The van der Waals surface area contributed by atoms with Gasteiger partial charge in [0.05, 0.1) is 0 Å². The maximum absolute atomic E-state index is 9.93. The molecule has 9 heavy (non-hydrogen) atoms. The van der Waals surface area contributed by atoms with Gasteiger partial charge in [-0.25, -0.2) is 4.79 Å². The number of amides is 1. The van der Waals surface area contributed by atoms with Crippen molar-refractivity contribution in [3.05, 3.63) is 0 Å². The fourth-order valence-corrected chi connectivity index (χ4v) is 0.307. The highest BCUT2D eigenvalue weighted by Crippen LogP contribution is 2.18. The van der Waals surface area contributed by atoms with Crippen molar-refractivity contribution in [3.63, 3.8) is 0 Å². The Labute approximate surface area is 63.1 Å². The third-order valence-electron chi connectivity index (χ3n) is 0.468. The molecule has 0 saturated carbocycles. The molecule has 2 N–H and O–H groups in total. The topological polar surface area (TPSA) is 52.3 Å². The molecule has 0 bridgehead atoms. The summed E-state index contributed by atoms with van der Waals surface area (Å²) in [5.74, 6) is 0. The highest BCUT2D eigenvalue weighted by atomic mass is 35.5. The molecule has 0 aliphatic rings. The van der Waals surface area contributed by atoms with Crippen LogP contribution in [0.3, 0.4) is 0 Å². The maximum Gasteiger partial charge on any atom is 0.404 e. The average Bonchev–Trinajstić information content (AvgIpc) is 1.59. The number of nitrogens with two attached hydrogens (primary N) is 1. The molecule has 0 aliphatic carbocycles. The van der Waals surface area contributed by atoms with E-state index >= 15 is 0 Å². The lowest BCUT2D eigenvalue weighted by atomic mass is 10.5. The third kappa shape index (κ3) is 7.85. The quantitative estimate of drug-likeness (QED) is 0.637. The van der Waals surface area contributed by atoms with Gasteiger partial charge in [0.15, 0.2) is 0 Å². The zero-order valence-electron chi connectivity index (χ0n) is 4.86. The van der Waals surface area contributed by atoms with Crippen LogP contribution in [-0.4, -0.2) is 17.0 Å². The number of hydrogen-bond donors (Lipinski definition) is 1. The van der Waals surface area contributed by atoms with Gasteiger partial charge in [-0.2, -0.15) is 0 Å². The van der Waals surface area contributed by atoms with E-state index in [4.69, 9.17) is 23.2 Å². The first kappa shape index (κ1) is 8.85. The van der Waals surface area contributed by atoms with Gasteiger partial charge in [0.1, 0.15) is 10.9 Å². The van der Waals surface area contributed by atoms with Crippen molar-refractivity contribution < 1.29 is 9.53 Å². The van der Waals surface area contributed by atoms with Crippen LogP contribution in [0.4, 0.5) is 4.79 Å². The first-order chi connectivity index (χ1) is 3.92. The summed E-state index contributed by atoms with van der Waals surface area (Å²) < 4.78 is 3.23. The van der Waals surface area contributed by atoms with Crippen molar-refractivity contribution in [2.75, 3.05) is 6.61 Å². The molecule has 5 heteroatoms. The zero-order valence-corrected chi connectivity index (χ0v) is 6.37. The van der Waals surface area contributed by atoms with E-state index in [1.807, 2.05) is 0 Å². The molecule has 0 aromatic heterocycles. The Morgan fingerprint density at radius 3 is 2.33 bits per heavy atom. The van der Waals surface area contributed by atoms with Crippen molar-refractivity contribution >= 4 is 29.3 Å². The molecule has 0 fully saturated rings. The molecule has 0 unspecified atom stereocenters. The van der Waals surface area contributed by atoms with E-state index in [9.17, 15) is 4.79 Å². The van der Waals surface area contributed by atoms with Crippen molar-refractivity contribution in [1.82, 2.24) is 0 Å². The van der Waals surface area contributed by atoms with E-state index in [2.05, 4.69) is 10.5 Å². The molecular weight excluding hydrogens is 165 g/mol. The highest BCUT2D eigenvalue weighted by molar-refractivity contribution is 6.48. The molecule has 0 radical (unpaired) electrons. The number of carbonyl (C=O) groups excluding carboxylic acids is 1. The Bertz CT molecular complexity index is 110. The van der Waals surface area contributed by atoms with Crippen LogP contribution >= 0.6 is 23.2 Å². The fourth-order valence-electron chi connectivity index (χ4n) is 0.198. The number of ether oxygens (including phenoxy) is 1. The zero-order chi connectivity index (χ0) is 7.49. The molecule has 0 aromatic rings. The van der Waals surface area contributed by atoms with Gasteiger partial charge in [0.2, 0.25) is 0 Å². The summed E-state index contributed by atoms with van der Waals surface area (Å²) in [6, 6.07) is 0. The Morgan fingerprint density at radius 1 is 1.78 bits per heavy atom. The van der Waals surface area contributed by atoms with E-state index in [0.29, 0.717) is 0 Å². The van der Waals surface area contributed by atoms with Crippen LogP contribution in [0.15, 0.2) is 0 Å². The minimum absolute atomic E-state index is 0.0918. The first-order valence-corrected chi connectivity index (χ1v) is 2.97. The lowest BCUT2D eigenvalue weighted by Crippen LogP contribution is -2.22. The predicted molar refractivity (Wildman–Crippen MR) is 35.6 cm³/mol. The second-order valence-corrected chi connectivity index (χ2v) is 3.54. The van der Waals surface area contributed by atoms with E-state index in [0.717, 1.165) is 0 Å². The molecule has 0 aliphatic heterocycles. The molecular formula is C4H7Cl2NO2. The maximum atomic E-state index is 9.93. The number of hydrogen-bond acceptors (Lipinski definition) is 2. The summed E-state index contributed by atoms with van der Waals surface area (Å²) in [6.07, 6.45) is -0.873. The second-order valence-electron chi connectivity index (χ2n) is 1.68. The molecule has 0 aromatic carbocycles. The van der Waals surface area contributed by atoms with Crippen molar-refractivity contribution in [1.29, 1.82) is 0 Å². The van der Waals surface area contributed by atoms with E-state index < -0.39 is 10.4 Å². The summed E-state index contributed by atoms with van der Waals surface area (Å²) in [5.41, 5.74) is 4.62. The summed E-state index contributed by atoms with van der Waals surface area (Å²) in [6.45, 7) is 1.41. The van der Waals surface area contributed by atoms with Gasteiger partial charge in [-0.3, -0.25) is 0 Å². The Morgan fingerprint density at radius 2 is 2.22 bits per heavy atom. The van der Waals surface area contributed by atoms with Crippen LogP contribution in [0.5, 0.6) is 0 Å². The van der Waals surface area contributed by atoms with Crippen molar-refractivity contribution in [3.8, 4) is 0 Å². The van der Waals surface area contributed by atoms with Crippen LogP contribution in [0, 0.1) is 0 Å². The number of primary amides is 1. The SMILES string of the molecule is CC(Cl)(Cl)COC(N)=O.